The molecule has 0 unspecified atom stereocenters. The predicted molar refractivity (Wildman–Crippen MR) is 235 cm³/mol. The average Bonchev–Trinajstić information content (AvgIpc) is 4.07. The highest BCUT2D eigenvalue weighted by Gasteiger charge is 2.31. The summed E-state index contributed by atoms with van der Waals surface area (Å²) in [6, 6.07) is 35.8. The molecular weight excluding hydrogens is 759 g/mol. The van der Waals surface area contributed by atoms with Gasteiger partial charge in [0.15, 0.2) is 0 Å². The van der Waals surface area contributed by atoms with Gasteiger partial charge in [0, 0.05) is 31.4 Å². The van der Waals surface area contributed by atoms with Crippen molar-refractivity contribution in [3.63, 3.8) is 0 Å². The van der Waals surface area contributed by atoms with Crippen molar-refractivity contribution in [3.05, 3.63) is 143 Å². The summed E-state index contributed by atoms with van der Waals surface area (Å²) in [5.41, 5.74) is 6.22. The Bertz CT molecular complexity index is 2250. The van der Waals surface area contributed by atoms with Crippen molar-refractivity contribution in [3.8, 4) is 32.0 Å². The second kappa shape index (κ2) is 19.8. The third-order valence-electron chi connectivity index (χ3n) is 10.7. The molecular formula is C48H51N5O3S2. The second-order valence-corrected chi connectivity index (χ2v) is 17.2. The van der Waals surface area contributed by atoms with Crippen molar-refractivity contribution in [1.29, 1.82) is 0 Å². The van der Waals surface area contributed by atoms with Gasteiger partial charge in [0.25, 0.3) is 0 Å². The molecule has 0 aliphatic heterocycles. The zero-order valence-electron chi connectivity index (χ0n) is 33.3. The monoisotopic (exact) mass is 809 g/mol. The zero-order valence-corrected chi connectivity index (χ0v) is 34.9. The van der Waals surface area contributed by atoms with E-state index < -0.39 is 6.04 Å². The van der Waals surface area contributed by atoms with Crippen LogP contribution in [0.3, 0.4) is 0 Å². The van der Waals surface area contributed by atoms with Gasteiger partial charge in [0.1, 0.15) is 16.1 Å². The first kappa shape index (κ1) is 40.7. The molecule has 4 aromatic carbocycles. The van der Waals surface area contributed by atoms with Gasteiger partial charge in [-0.05, 0) is 59.1 Å². The molecule has 8 nitrogen and oxygen atoms in total. The van der Waals surface area contributed by atoms with Crippen LogP contribution in [0, 0.1) is 5.92 Å². The zero-order chi connectivity index (χ0) is 40.3. The number of aromatic nitrogens is 2. The third-order valence-corrected chi connectivity index (χ3v) is 12.7. The first-order valence-electron chi connectivity index (χ1n) is 20.4. The van der Waals surface area contributed by atoms with Crippen molar-refractivity contribution >= 4 is 40.4 Å². The van der Waals surface area contributed by atoms with Gasteiger partial charge in [-0.1, -0.05) is 136 Å². The van der Waals surface area contributed by atoms with Crippen LogP contribution in [0.5, 0.6) is 0 Å². The van der Waals surface area contributed by atoms with E-state index >= 15 is 0 Å². The van der Waals surface area contributed by atoms with E-state index in [1.54, 1.807) is 22.7 Å². The molecule has 2 heterocycles. The van der Waals surface area contributed by atoms with Gasteiger partial charge in [-0.15, -0.1) is 22.7 Å². The lowest BCUT2D eigenvalue weighted by molar-refractivity contribution is -0.138. The molecule has 0 spiro atoms. The van der Waals surface area contributed by atoms with Crippen LogP contribution in [0.2, 0.25) is 0 Å². The lowest BCUT2D eigenvalue weighted by Gasteiger charge is -2.28. The minimum atomic E-state index is -0.731. The fraction of sp³-hybridized carbons (Fsp3) is 0.312. The molecule has 3 amide bonds. The second-order valence-electron chi connectivity index (χ2n) is 15.0. The molecule has 10 heteroatoms. The molecule has 7 rings (SSSR count). The van der Waals surface area contributed by atoms with Crippen LogP contribution in [0.25, 0.3) is 32.0 Å². The Balaban J connectivity index is 0.981. The van der Waals surface area contributed by atoms with E-state index in [0.29, 0.717) is 32.6 Å². The fourth-order valence-electron chi connectivity index (χ4n) is 7.56. The van der Waals surface area contributed by atoms with E-state index in [4.69, 9.17) is 4.98 Å². The first-order valence-corrected chi connectivity index (χ1v) is 22.1. The Kier molecular flexibility index (Phi) is 13.9. The third kappa shape index (κ3) is 10.3. The van der Waals surface area contributed by atoms with E-state index in [0.717, 1.165) is 91.7 Å². The van der Waals surface area contributed by atoms with Crippen LogP contribution in [0.15, 0.2) is 122 Å². The van der Waals surface area contributed by atoms with Crippen LogP contribution >= 0.6 is 22.7 Å². The largest absolute Gasteiger partial charge is 0.340 e. The van der Waals surface area contributed by atoms with Gasteiger partial charge >= 0.3 is 0 Å². The number of nitrogens with zero attached hydrogens (tertiary/aromatic N) is 4. The number of carbonyl (C=O) groups excluding carboxylic acids is 3. The smallest absolute Gasteiger partial charge is 0.250 e. The maximum absolute atomic E-state index is 14.1. The van der Waals surface area contributed by atoms with Gasteiger partial charge in [-0.2, -0.15) is 0 Å². The molecule has 1 N–H and O–H groups in total. The van der Waals surface area contributed by atoms with Crippen molar-refractivity contribution < 1.29 is 14.4 Å². The van der Waals surface area contributed by atoms with E-state index in [1.807, 2.05) is 82.9 Å². The maximum Gasteiger partial charge on any atom is 0.250 e. The normalized spacial score (nSPS) is 13.3. The van der Waals surface area contributed by atoms with Crippen LogP contribution in [-0.4, -0.2) is 50.6 Å². The molecule has 1 aliphatic rings. The highest BCUT2D eigenvalue weighted by molar-refractivity contribution is 7.15. The van der Waals surface area contributed by atoms with Crippen molar-refractivity contribution in [2.75, 3.05) is 13.1 Å². The van der Waals surface area contributed by atoms with Crippen molar-refractivity contribution in [1.82, 2.24) is 25.1 Å². The van der Waals surface area contributed by atoms with Crippen LogP contribution < -0.4 is 5.32 Å². The number of benzene rings is 4. The number of hydrogen-bond acceptors (Lipinski definition) is 7. The number of thiazole rings is 2. The minimum absolute atomic E-state index is 0.0267. The van der Waals surface area contributed by atoms with Crippen LogP contribution in [-0.2, 0) is 33.9 Å². The minimum Gasteiger partial charge on any atom is -0.340 e. The van der Waals surface area contributed by atoms with Crippen LogP contribution in [0.4, 0.5) is 0 Å². The Morgan fingerprint density at radius 2 is 1.14 bits per heavy atom. The van der Waals surface area contributed by atoms with E-state index in [-0.39, 0.29) is 23.6 Å². The summed E-state index contributed by atoms with van der Waals surface area (Å²) in [4.78, 5) is 55.8. The molecule has 1 fully saturated rings. The molecule has 0 radical (unpaired) electrons. The lowest BCUT2D eigenvalue weighted by Crippen LogP contribution is -2.44. The van der Waals surface area contributed by atoms with Gasteiger partial charge < -0.3 is 15.1 Å². The summed E-state index contributed by atoms with van der Waals surface area (Å²) in [6.45, 7) is 6.33. The maximum atomic E-state index is 14.1. The first-order chi connectivity index (χ1) is 28.4. The number of nitrogens with one attached hydrogen (secondary N) is 1. The number of carbonyl (C=O) groups is 3. The Morgan fingerprint density at radius 3 is 1.67 bits per heavy atom. The van der Waals surface area contributed by atoms with Crippen molar-refractivity contribution in [2.45, 2.75) is 77.9 Å². The van der Waals surface area contributed by atoms with Gasteiger partial charge in [-0.3, -0.25) is 14.4 Å². The molecule has 0 bridgehead atoms. The standard InChI is InChI=1S/C48H51N5O3S2/c1-3-27-52(45(54)29-34-13-7-5-8-14-34)32-43-49-30-41(57-43)37-23-19-35(20-24-37)36-21-25-38(26-22-36)42-31-50-44(58-42)33-53(28-4-2)48(56)46(39-15-9-6-10-16-39)51-47(55)40-17-11-12-18-40/h5-10,13-16,19-26,30-31,40,46H,3-4,11-12,17-18,27-29,32-33H2,1-2H3,(H,51,55)/t46-/m0/s1. The Labute approximate surface area is 350 Å². The van der Waals surface area contributed by atoms with E-state index in [1.165, 1.54) is 0 Å². The summed E-state index contributed by atoms with van der Waals surface area (Å²) in [6.07, 6.45) is 9.76. The van der Waals surface area contributed by atoms with E-state index in [9.17, 15) is 14.4 Å². The highest BCUT2D eigenvalue weighted by atomic mass is 32.1. The van der Waals surface area contributed by atoms with Gasteiger partial charge in [0.05, 0.1) is 29.3 Å². The number of rotatable bonds is 17. The van der Waals surface area contributed by atoms with Gasteiger partial charge in [-0.25, -0.2) is 9.97 Å². The molecule has 6 aromatic rings. The summed E-state index contributed by atoms with van der Waals surface area (Å²) in [5, 5.41) is 4.91. The van der Waals surface area contributed by atoms with E-state index in [2.05, 4.69) is 72.7 Å². The summed E-state index contributed by atoms with van der Waals surface area (Å²) >= 11 is 3.23. The molecule has 1 atom stereocenters. The Morgan fingerprint density at radius 1 is 0.655 bits per heavy atom. The van der Waals surface area contributed by atoms with Gasteiger partial charge in [0.2, 0.25) is 17.7 Å². The van der Waals surface area contributed by atoms with Crippen molar-refractivity contribution in [2.24, 2.45) is 5.92 Å². The van der Waals surface area contributed by atoms with Crippen LogP contribution in [0.1, 0.15) is 79.6 Å². The summed E-state index contributed by atoms with van der Waals surface area (Å²) < 4.78 is 0. The molecule has 1 aliphatic carbocycles. The average molecular weight is 810 g/mol. The summed E-state index contributed by atoms with van der Waals surface area (Å²) in [5.74, 6) is -0.0376. The lowest BCUT2D eigenvalue weighted by atomic mass is 10.0. The fourth-order valence-corrected chi connectivity index (χ4v) is 9.44. The molecule has 2 aromatic heterocycles. The molecule has 58 heavy (non-hydrogen) atoms. The predicted octanol–water partition coefficient (Wildman–Crippen LogP) is 10.4. The SMILES string of the molecule is CCCN(Cc1ncc(-c2ccc(-c3ccc(-c4cnc(CN(CCC)C(=O)[C@@H](NC(=O)C5CCCC5)c5ccccc5)s4)cc3)cc2)s1)C(=O)Cc1ccccc1. The Hall–Kier alpha value is -5.45. The topological polar surface area (TPSA) is 95.5 Å². The summed E-state index contributed by atoms with van der Waals surface area (Å²) in [7, 11) is 0. The molecule has 1 saturated carbocycles. The molecule has 0 saturated heterocycles. The number of amides is 3. The highest BCUT2D eigenvalue weighted by Crippen LogP contribution is 2.33. The molecule has 298 valence electrons. The number of hydrogen-bond donors (Lipinski definition) is 1. The quantitative estimate of drug-likeness (QED) is 0.0990.